The first kappa shape index (κ1) is 15.4. The Balaban J connectivity index is 1.67. The Morgan fingerprint density at radius 3 is 2.00 bits per heavy atom. The molecule has 0 aliphatic rings. The first-order valence-corrected chi connectivity index (χ1v) is 7.37. The van der Waals surface area contributed by atoms with Crippen molar-refractivity contribution in [3.8, 4) is 11.5 Å². The molecule has 3 nitrogen and oxygen atoms in total. The lowest BCUT2D eigenvalue weighted by Gasteiger charge is -2.12. The maximum absolute atomic E-state index is 5.71. The van der Waals surface area contributed by atoms with Crippen LogP contribution >= 0.6 is 0 Å². The van der Waals surface area contributed by atoms with E-state index in [2.05, 4.69) is 24.4 Å². The van der Waals surface area contributed by atoms with Gasteiger partial charge < -0.3 is 14.8 Å². The van der Waals surface area contributed by atoms with Crippen molar-refractivity contribution < 1.29 is 9.47 Å². The number of benzene rings is 2. The highest BCUT2D eigenvalue weighted by atomic mass is 16.5. The fourth-order valence-corrected chi connectivity index (χ4v) is 1.98. The first-order valence-electron chi connectivity index (χ1n) is 7.37. The van der Waals surface area contributed by atoms with Gasteiger partial charge in [0.2, 0.25) is 0 Å². The normalized spacial score (nSPS) is 11.9. The molecule has 112 valence electrons. The molecule has 1 N–H and O–H groups in total. The molecule has 0 aromatic heterocycles. The van der Waals surface area contributed by atoms with E-state index >= 15 is 0 Å². The molecular weight excluding hydrogens is 262 g/mol. The minimum atomic E-state index is 0.360. The van der Waals surface area contributed by atoms with Gasteiger partial charge >= 0.3 is 0 Å². The van der Waals surface area contributed by atoms with E-state index in [1.165, 1.54) is 5.56 Å². The molecule has 0 aliphatic heterocycles. The second-order valence-corrected chi connectivity index (χ2v) is 4.94. The number of hydrogen-bond donors (Lipinski definition) is 1. The van der Waals surface area contributed by atoms with Crippen LogP contribution in [0.25, 0.3) is 0 Å². The lowest BCUT2D eigenvalue weighted by atomic mass is 10.1. The third kappa shape index (κ3) is 5.12. The largest absolute Gasteiger partial charge is 0.493 e. The molecule has 0 bridgehead atoms. The maximum Gasteiger partial charge on any atom is 0.119 e. The molecule has 0 fully saturated rings. The Bertz CT molecular complexity index is 511. The van der Waals surface area contributed by atoms with E-state index in [0.29, 0.717) is 19.3 Å². The third-order valence-corrected chi connectivity index (χ3v) is 3.38. The summed E-state index contributed by atoms with van der Waals surface area (Å²) in [5.41, 5.74) is 1.26. The monoisotopic (exact) mass is 285 g/mol. The van der Waals surface area contributed by atoms with Crippen LogP contribution in [0.3, 0.4) is 0 Å². The second kappa shape index (κ2) is 8.32. The number of nitrogens with one attached hydrogen (secondary N) is 1. The van der Waals surface area contributed by atoms with E-state index in [1.807, 2.05) is 49.5 Å². The minimum absolute atomic E-state index is 0.360. The maximum atomic E-state index is 5.71. The molecule has 0 spiro atoms. The summed E-state index contributed by atoms with van der Waals surface area (Å²) in [6.45, 7) is 3.46. The van der Waals surface area contributed by atoms with Gasteiger partial charge in [-0.3, -0.25) is 0 Å². The summed E-state index contributed by atoms with van der Waals surface area (Å²) in [5, 5.41) is 3.22. The Morgan fingerprint density at radius 1 is 0.857 bits per heavy atom. The summed E-state index contributed by atoms with van der Waals surface area (Å²) >= 11 is 0. The molecule has 0 aliphatic carbocycles. The van der Waals surface area contributed by atoms with E-state index in [1.54, 1.807) is 0 Å². The summed E-state index contributed by atoms with van der Waals surface area (Å²) in [7, 11) is 1.96. The number of para-hydroxylation sites is 1. The van der Waals surface area contributed by atoms with Crippen LogP contribution in [0.4, 0.5) is 0 Å². The summed E-state index contributed by atoms with van der Waals surface area (Å²) in [6.07, 6.45) is 0.865. The van der Waals surface area contributed by atoms with E-state index in [4.69, 9.17) is 9.47 Å². The topological polar surface area (TPSA) is 30.5 Å². The Morgan fingerprint density at radius 2 is 1.43 bits per heavy atom. The standard InChI is InChI=1S/C18H23NO2/c1-15(19-2)16-9-11-18(12-10-16)21-14-6-13-20-17-7-4-3-5-8-17/h3-5,7-12,15,19H,6,13-14H2,1-2H3. The van der Waals surface area contributed by atoms with Gasteiger partial charge in [0.15, 0.2) is 0 Å². The van der Waals surface area contributed by atoms with Crippen LogP contribution in [-0.4, -0.2) is 20.3 Å². The summed E-state index contributed by atoms with van der Waals surface area (Å²) in [5.74, 6) is 1.81. The van der Waals surface area contributed by atoms with Crippen molar-refractivity contribution in [2.75, 3.05) is 20.3 Å². The lowest BCUT2D eigenvalue weighted by Crippen LogP contribution is -2.12. The van der Waals surface area contributed by atoms with Crippen molar-refractivity contribution in [1.82, 2.24) is 5.32 Å². The Hall–Kier alpha value is -2.00. The van der Waals surface area contributed by atoms with Gasteiger partial charge in [0.1, 0.15) is 11.5 Å². The zero-order valence-electron chi connectivity index (χ0n) is 12.7. The minimum Gasteiger partial charge on any atom is -0.493 e. The molecule has 3 heteroatoms. The van der Waals surface area contributed by atoms with Crippen LogP contribution < -0.4 is 14.8 Å². The van der Waals surface area contributed by atoms with Crippen molar-refractivity contribution >= 4 is 0 Å². The highest BCUT2D eigenvalue weighted by molar-refractivity contribution is 5.28. The van der Waals surface area contributed by atoms with Crippen LogP contribution in [0.15, 0.2) is 54.6 Å². The Labute approximate surface area is 126 Å². The highest BCUT2D eigenvalue weighted by Gasteiger charge is 2.02. The highest BCUT2D eigenvalue weighted by Crippen LogP contribution is 2.17. The molecule has 1 unspecified atom stereocenters. The van der Waals surface area contributed by atoms with Gasteiger partial charge in [0.05, 0.1) is 13.2 Å². The molecule has 2 aromatic carbocycles. The molecular formula is C18H23NO2. The summed E-state index contributed by atoms with van der Waals surface area (Å²) in [6, 6.07) is 18.4. The van der Waals surface area contributed by atoms with Gasteiger partial charge in [0.25, 0.3) is 0 Å². The summed E-state index contributed by atoms with van der Waals surface area (Å²) < 4.78 is 11.3. The van der Waals surface area contributed by atoms with Gasteiger partial charge in [-0.15, -0.1) is 0 Å². The fourth-order valence-electron chi connectivity index (χ4n) is 1.98. The van der Waals surface area contributed by atoms with Crippen LogP contribution in [0.2, 0.25) is 0 Å². The third-order valence-electron chi connectivity index (χ3n) is 3.38. The van der Waals surface area contributed by atoms with Crippen molar-refractivity contribution in [2.24, 2.45) is 0 Å². The van der Waals surface area contributed by atoms with E-state index in [9.17, 15) is 0 Å². The van der Waals surface area contributed by atoms with Gasteiger partial charge in [-0.05, 0) is 43.8 Å². The molecule has 21 heavy (non-hydrogen) atoms. The van der Waals surface area contributed by atoms with Crippen molar-refractivity contribution in [3.05, 3.63) is 60.2 Å². The van der Waals surface area contributed by atoms with Gasteiger partial charge in [-0.1, -0.05) is 30.3 Å². The van der Waals surface area contributed by atoms with Gasteiger partial charge in [0, 0.05) is 12.5 Å². The van der Waals surface area contributed by atoms with E-state index in [0.717, 1.165) is 17.9 Å². The summed E-state index contributed by atoms with van der Waals surface area (Å²) in [4.78, 5) is 0. The molecule has 0 saturated heterocycles. The van der Waals surface area contributed by atoms with Crippen LogP contribution in [0.1, 0.15) is 24.9 Å². The van der Waals surface area contributed by atoms with Crippen molar-refractivity contribution in [1.29, 1.82) is 0 Å². The van der Waals surface area contributed by atoms with Gasteiger partial charge in [-0.2, -0.15) is 0 Å². The number of rotatable bonds is 8. The molecule has 1 atom stereocenters. The zero-order valence-corrected chi connectivity index (χ0v) is 12.7. The molecule has 2 rings (SSSR count). The SMILES string of the molecule is CNC(C)c1ccc(OCCCOc2ccccc2)cc1. The van der Waals surface area contributed by atoms with Crippen LogP contribution in [-0.2, 0) is 0 Å². The zero-order chi connectivity index (χ0) is 14.9. The average Bonchev–Trinajstić information content (AvgIpc) is 2.55. The molecule has 0 radical (unpaired) electrons. The van der Waals surface area contributed by atoms with E-state index < -0.39 is 0 Å². The smallest absolute Gasteiger partial charge is 0.119 e. The molecule has 0 heterocycles. The van der Waals surface area contributed by atoms with Crippen LogP contribution in [0, 0.1) is 0 Å². The lowest BCUT2D eigenvalue weighted by molar-refractivity contribution is 0.247. The quantitative estimate of drug-likeness (QED) is 0.748. The molecule has 0 saturated carbocycles. The number of hydrogen-bond acceptors (Lipinski definition) is 3. The van der Waals surface area contributed by atoms with Crippen LogP contribution in [0.5, 0.6) is 11.5 Å². The fraction of sp³-hybridized carbons (Fsp3) is 0.333. The van der Waals surface area contributed by atoms with Crippen molar-refractivity contribution in [2.45, 2.75) is 19.4 Å². The van der Waals surface area contributed by atoms with Gasteiger partial charge in [-0.25, -0.2) is 0 Å². The predicted octanol–water partition coefficient (Wildman–Crippen LogP) is 3.81. The molecule has 0 amide bonds. The van der Waals surface area contributed by atoms with E-state index in [-0.39, 0.29) is 0 Å². The Kier molecular flexibility index (Phi) is 6.10. The predicted molar refractivity (Wildman–Crippen MR) is 86.0 cm³/mol. The number of ether oxygens (including phenoxy) is 2. The average molecular weight is 285 g/mol. The second-order valence-electron chi connectivity index (χ2n) is 4.94. The first-order chi connectivity index (χ1) is 10.3. The van der Waals surface area contributed by atoms with Crippen molar-refractivity contribution in [3.63, 3.8) is 0 Å². The molecule has 2 aromatic rings.